The van der Waals surface area contributed by atoms with Gasteiger partial charge < -0.3 is 10.5 Å². The molecule has 3 aromatic rings. The predicted octanol–water partition coefficient (Wildman–Crippen LogP) is 5.43. The highest BCUT2D eigenvalue weighted by Gasteiger charge is 2.25. The Hall–Kier alpha value is -3.81. The fourth-order valence-electron chi connectivity index (χ4n) is 4.35. The number of nitrogens with zero attached hydrogens (tertiary/aromatic N) is 3. The fraction of sp³-hybridized carbons (Fsp3) is 0.269. The lowest BCUT2D eigenvalue weighted by atomic mass is 9.83. The third-order valence-corrected chi connectivity index (χ3v) is 6.15. The molecule has 0 aliphatic heterocycles. The number of methoxy groups -OCH3 is 1. The largest absolute Gasteiger partial charge is 0.494 e. The van der Waals surface area contributed by atoms with Crippen LogP contribution < -0.4 is 10.5 Å². The van der Waals surface area contributed by atoms with Crippen LogP contribution in [0.15, 0.2) is 42.5 Å². The number of benzene rings is 2. The van der Waals surface area contributed by atoms with Crippen molar-refractivity contribution < 1.29 is 13.5 Å². The molecular formula is C26H22F2N4O. The molecule has 1 aromatic heterocycles. The van der Waals surface area contributed by atoms with E-state index in [4.69, 9.17) is 20.7 Å². The van der Waals surface area contributed by atoms with Gasteiger partial charge in [-0.15, -0.1) is 0 Å². The van der Waals surface area contributed by atoms with Crippen LogP contribution in [0.4, 0.5) is 8.78 Å². The Balaban J connectivity index is 1.94. The van der Waals surface area contributed by atoms with Crippen molar-refractivity contribution in [1.29, 1.82) is 10.5 Å². The van der Waals surface area contributed by atoms with E-state index in [1.165, 1.54) is 31.4 Å². The van der Waals surface area contributed by atoms with Gasteiger partial charge in [-0.2, -0.15) is 10.5 Å². The van der Waals surface area contributed by atoms with E-state index in [1.807, 2.05) is 6.07 Å². The summed E-state index contributed by atoms with van der Waals surface area (Å²) in [5.74, 6) is -1.07. The van der Waals surface area contributed by atoms with Gasteiger partial charge in [0.15, 0.2) is 11.6 Å². The lowest BCUT2D eigenvalue weighted by Crippen LogP contribution is -2.26. The molecule has 0 atom stereocenters. The first-order valence-electron chi connectivity index (χ1n) is 10.7. The van der Waals surface area contributed by atoms with E-state index >= 15 is 0 Å². The highest BCUT2D eigenvalue weighted by Crippen LogP contribution is 2.39. The van der Waals surface area contributed by atoms with E-state index in [1.54, 1.807) is 18.2 Å². The predicted molar refractivity (Wildman–Crippen MR) is 120 cm³/mol. The molecule has 1 aliphatic carbocycles. The Morgan fingerprint density at radius 3 is 2.18 bits per heavy atom. The van der Waals surface area contributed by atoms with E-state index < -0.39 is 11.6 Å². The standard InChI is InChI=1S/C26H22F2N4O/c1-33-24-9-6-16(10-22(24)28)25-19(14-30)12-23(15-4-7-20(31)8-5-15)32-26(25)17-2-3-18(13-29)21(27)11-17/h2-3,6,9-12,15,20H,4-5,7-8,31H2,1H3. The lowest BCUT2D eigenvalue weighted by Gasteiger charge is -2.26. The molecule has 0 unspecified atom stereocenters. The Bertz CT molecular complexity index is 1280. The molecule has 33 heavy (non-hydrogen) atoms. The smallest absolute Gasteiger partial charge is 0.165 e. The van der Waals surface area contributed by atoms with Crippen LogP contribution in [0.5, 0.6) is 5.75 Å². The summed E-state index contributed by atoms with van der Waals surface area (Å²) < 4.78 is 34.1. The zero-order valence-corrected chi connectivity index (χ0v) is 18.1. The normalized spacial score (nSPS) is 17.8. The maximum absolute atomic E-state index is 14.5. The van der Waals surface area contributed by atoms with Crippen molar-refractivity contribution in [2.75, 3.05) is 7.11 Å². The van der Waals surface area contributed by atoms with Gasteiger partial charge in [-0.25, -0.2) is 8.78 Å². The summed E-state index contributed by atoms with van der Waals surface area (Å²) in [5.41, 5.74) is 8.61. The van der Waals surface area contributed by atoms with Crippen molar-refractivity contribution in [3.05, 3.63) is 70.9 Å². The van der Waals surface area contributed by atoms with Crippen molar-refractivity contribution in [3.8, 4) is 40.3 Å². The summed E-state index contributed by atoms with van der Waals surface area (Å²) >= 11 is 0. The Morgan fingerprint density at radius 2 is 1.58 bits per heavy atom. The first-order valence-corrected chi connectivity index (χ1v) is 10.7. The summed E-state index contributed by atoms with van der Waals surface area (Å²) in [4.78, 5) is 4.85. The van der Waals surface area contributed by atoms with E-state index in [0.717, 1.165) is 31.4 Å². The molecule has 1 aliphatic rings. The topological polar surface area (TPSA) is 95.7 Å². The van der Waals surface area contributed by atoms with Gasteiger partial charge in [0.2, 0.25) is 0 Å². The maximum atomic E-state index is 14.5. The van der Waals surface area contributed by atoms with E-state index in [-0.39, 0.29) is 23.3 Å². The average Bonchev–Trinajstić information content (AvgIpc) is 2.83. The van der Waals surface area contributed by atoms with Crippen molar-refractivity contribution >= 4 is 0 Å². The summed E-state index contributed by atoms with van der Waals surface area (Å²) in [6.45, 7) is 0. The Labute approximate surface area is 191 Å². The zero-order valence-electron chi connectivity index (χ0n) is 18.1. The minimum Gasteiger partial charge on any atom is -0.494 e. The van der Waals surface area contributed by atoms with E-state index in [0.29, 0.717) is 27.9 Å². The van der Waals surface area contributed by atoms with Crippen molar-refractivity contribution in [3.63, 3.8) is 0 Å². The van der Waals surface area contributed by atoms with Gasteiger partial charge in [0.1, 0.15) is 11.9 Å². The summed E-state index contributed by atoms with van der Waals surface area (Å²) in [6, 6.07) is 14.5. The highest BCUT2D eigenvalue weighted by atomic mass is 19.1. The first-order chi connectivity index (χ1) is 15.9. The van der Waals surface area contributed by atoms with Crippen LogP contribution in [-0.2, 0) is 0 Å². The molecule has 0 radical (unpaired) electrons. The van der Waals surface area contributed by atoms with Crippen LogP contribution >= 0.6 is 0 Å². The van der Waals surface area contributed by atoms with Gasteiger partial charge in [0, 0.05) is 28.8 Å². The van der Waals surface area contributed by atoms with Gasteiger partial charge in [0.05, 0.1) is 30.0 Å². The summed E-state index contributed by atoms with van der Waals surface area (Å²) in [7, 11) is 1.37. The number of halogens is 2. The van der Waals surface area contributed by atoms with Crippen LogP contribution in [0.3, 0.4) is 0 Å². The summed E-state index contributed by atoms with van der Waals surface area (Å²) in [5, 5.41) is 19.1. The molecule has 0 amide bonds. The molecule has 0 spiro atoms. The van der Waals surface area contributed by atoms with E-state index in [9.17, 15) is 14.0 Å². The van der Waals surface area contributed by atoms with Crippen LogP contribution in [0.1, 0.15) is 48.4 Å². The minimum atomic E-state index is -0.684. The monoisotopic (exact) mass is 444 g/mol. The number of rotatable bonds is 4. The number of pyridine rings is 1. The Kier molecular flexibility index (Phi) is 6.35. The second-order valence-electron chi connectivity index (χ2n) is 8.20. The zero-order chi connectivity index (χ0) is 23.5. The molecule has 1 fully saturated rings. The number of nitrogens with two attached hydrogens (primary N) is 1. The second kappa shape index (κ2) is 9.36. The lowest BCUT2D eigenvalue weighted by molar-refractivity contribution is 0.386. The van der Waals surface area contributed by atoms with Crippen molar-refractivity contribution in [2.45, 2.75) is 37.6 Å². The van der Waals surface area contributed by atoms with Crippen LogP contribution in [-0.4, -0.2) is 18.1 Å². The molecule has 2 aromatic carbocycles. The third-order valence-electron chi connectivity index (χ3n) is 6.15. The van der Waals surface area contributed by atoms with Crippen LogP contribution in [0.25, 0.3) is 22.4 Å². The highest BCUT2D eigenvalue weighted by molar-refractivity contribution is 5.85. The number of nitriles is 2. The van der Waals surface area contributed by atoms with Crippen LogP contribution in [0, 0.1) is 34.3 Å². The van der Waals surface area contributed by atoms with Crippen molar-refractivity contribution in [1.82, 2.24) is 4.98 Å². The molecule has 1 heterocycles. The number of hydrogen-bond donors (Lipinski definition) is 1. The SMILES string of the molecule is COc1ccc(-c2c(C#N)cc(C3CCC(N)CC3)nc2-c2ccc(C#N)c(F)c2)cc1F. The molecular weight excluding hydrogens is 422 g/mol. The van der Waals surface area contributed by atoms with Crippen LogP contribution in [0.2, 0.25) is 0 Å². The number of ether oxygens (including phenoxy) is 1. The van der Waals surface area contributed by atoms with Crippen molar-refractivity contribution in [2.24, 2.45) is 5.73 Å². The van der Waals surface area contributed by atoms with Gasteiger partial charge >= 0.3 is 0 Å². The third kappa shape index (κ3) is 4.41. The molecule has 5 nitrogen and oxygen atoms in total. The quantitative estimate of drug-likeness (QED) is 0.579. The molecule has 0 saturated heterocycles. The second-order valence-corrected chi connectivity index (χ2v) is 8.20. The number of aromatic nitrogens is 1. The first kappa shape index (κ1) is 22.4. The maximum Gasteiger partial charge on any atom is 0.165 e. The summed E-state index contributed by atoms with van der Waals surface area (Å²) in [6.07, 6.45) is 3.41. The minimum absolute atomic E-state index is 0.0753. The Morgan fingerprint density at radius 1 is 0.909 bits per heavy atom. The average molecular weight is 444 g/mol. The molecule has 166 valence electrons. The van der Waals surface area contributed by atoms with Gasteiger partial charge in [-0.3, -0.25) is 4.98 Å². The number of hydrogen-bond acceptors (Lipinski definition) is 5. The fourth-order valence-corrected chi connectivity index (χ4v) is 4.35. The molecule has 0 bridgehead atoms. The van der Waals surface area contributed by atoms with E-state index in [2.05, 4.69) is 6.07 Å². The van der Waals surface area contributed by atoms with Gasteiger partial charge in [-0.1, -0.05) is 12.1 Å². The molecule has 1 saturated carbocycles. The molecule has 2 N–H and O–H groups in total. The van der Waals surface area contributed by atoms with Gasteiger partial charge in [-0.05, 0) is 61.6 Å². The molecule has 4 rings (SSSR count). The van der Waals surface area contributed by atoms with Gasteiger partial charge in [0.25, 0.3) is 0 Å². The molecule has 7 heteroatoms.